The molecule has 0 amide bonds. The third-order valence-corrected chi connectivity index (χ3v) is 4.86. The van der Waals surface area contributed by atoms with Crippen molar-refractivity contribution in [1.29, 1.82) is 0 Å². The Morgan fingerprint density at radius 1 is 1.23 bits per heavy atom. The first-order chi connectivity index (χ1) is 10.9. The van der Waals surface area contributed by atoms with Crippen LogP contribution in [0.3, 0.4) is 0 Å². The lowest BCUT2D eigenvalue weighted by Crippen LogP contribution is -2.22. The molecule has 0 aliphatic carbocycles. The standard InChI is InChI=1S/C16H28N4O2/c1-2-3-4-5-6-7-10-21-18-16-17-15(22-19-16)14-12-20-9-8-13(14)11-20/h13-14H,2-12H2,1H3,(H,18,19). The van der Waals surface area contributed by atoms with Crippen molar-refractivity contribution in [3.8, 4) is 0 Å². The van der Waals surface area contributed by atoms with Crippen LogP contribution in [0.5, 0.6) is 0 Å². The minimum atomic E-state index is 0.412. The van der Waals surface area contributed by atoms with Gasteiger partial charge in [0.15, 0.2) is 0 Å². The van der Waals surface area contributed by atoms with Gasteiger partial charge in [0.05, 0.1) is 12.5 Å². The Labute approximate surface area is 132 Å². The molecule has 6 heteroatoms. The molecule has 3 atom stereocenters. The van der Waals surface area contributed by atoms with E-state index < -0.39 is 0 Å². The lowest BCUT2D eigenvalue weighted by Gasteiger charge is -2.17. The zero-order valence-electron chi connectivity index (χ0n) is 13.6. The molecule has 2 aliphatic rings. The normalized spacial score (nSPS) is 26.7. The average Bonchev–Trinajstić information content (AvgIpc) is 3.25. The molecule has 1 aromatic rings. The van der Waals surface area contributed by atoms with Gasteiger partial charge in [0, 0.05) is 13.1 Å². The van der Waals surface area contributed by atoms with Gasteiger partial charge in [0.2, 0.25) is 5.89 Å². The molecule has 2 fully saturated rings. The van der Waals surface area contributed by atoms with E-state index in [-0.39, 0.29) is 0 Å². The fraction of sp³-hybridized carbons (Fsp3) is 0.875. The minimum Gasteiger partial charge on any atom is -0.337 e. The van der Waals surface area contributed by atoms with Crippen LogP contribution in [0.4, 0.5) is 5.95 Å². The number of nitrogens with one attached hydrogen (secondary N) is 1. The maximum atomic E-state index is 5.42. The van der Waals surface area contributed by atoms with Crippen LogP contribution in [0.1, 0.15) is 63.7 Å². The van der Waals surface area contributed by atoms with Gasteiger partial charge in [0.1, 0.15) is 0 Å². The molecule has 0 radical (unpaired) electrons. The summed E-state index contributed by atoms with van der Waals surface area (Å²) in [6, 6.07) is 0. The second kappa shape index (κ2) is 7.92. The van der Waals surface area contributed by atoms with E-state index in [0.717, 1.165) is 18.9 Å². The molecule has 2 saturated heterocycles. The van der Waals surface area contributed by atoms with Gasteiger partial charge < -0.3 is 9.42 Å². The van der Waals surface area contributed by atoms with Gasteiger partial charge in [-0.1, -0.05) is 39.0 Å². The predicted molar refractivity (Wildman–Crippen MR) is 84.5 cm³/mol. The number of hydrogen-bond acceptors (Lipinski definition) is 6. The summed E-state index contributed by atoms with van der Waals surface area (Å²) in [5, 5.41) is 3.96. The van der Waals surface area contributed by atoms with Crippen molar-refractivity contribution in [2.45, 2.75) is 57.8 Å². The summed E-state index contributed by atoms with van der Waals surface area (Å²) < 4.78 is 5.39. The molecular weight excluding hydrogens is 280 g/mol. The van der Waals surface area contributed by atoms with Crippen LogP contribution in [0.2, 0.25) is 0 Å². The lowest BCUT2D eigenvalue weighted by atomic mass is 9.93. The largest absolute Gasteiger partial charge is 0.337 e. The highest BCUT2D eigenvalue weighted by Crippen LogP contribution is 2.39. The highest BCUT2D eigenvalue weighted by atomic mass is 16.6. The van der Waals surface area contributed by atoms with E-state index in [4.69, 9.17) is 9.36 Å². The van der Waals surface area contributed by atoms with Crippen molar-refractivity contribution in [1.82, 2.24) is 15.0 Å². The molecule has 2 aliphatic heterocycles. The van der Waals surface area contributed by atoms with Crippen molar-refractivity contribution < 1.29 is 9.36 Å². The summed E-state index contributed by atoms with van der Waals surface area (Å²) in [5.74, 6) is 2.32. The van der Waals surface area contributed by atoms with Crippen LogP contribution in [0, 0.1) is 5.92 Å². The molecule has 22 heavy (non-hydrogen) atoms. The minimum absolute atomic E-state index is 0.412. The van der Waals surface area contributed by atoms with E-state index in [1.807, 2.05) is 0 Å². The van der Waals surface area contributed by atoms with E-state index in [1.54, 1.807) is 0 Å². The van der Waals surface area contributed by atoms with Crippen LogP contribution < -0.4 is 5.48 Å². The maximum Gasteiger partial charge on any atom is 0.287 e. The molecule has 1 N–H and O–H groups in total. The molecular formula is C16H28N4O2. The highest BCUT2D eigenvalue weighted by Gasteiger charge is 2.41. The van der Waals surface area contributed by atoms with Gasteiger partial charge in [-0.15, -0.1) is 0 Å². The molecule has 3 rings (SSSR count). The number of fused-ring (bicyclic) bond motifs is 2. The zero-order chi connectivity index (χ0) is 15.2. The number of hydrogen-bond donors (Lipinski definition) is 1. The molecule has 3 unspecified atom stereocenters. The average molecular weight is 308 g/mol. The smallest absolute Gasteiger partial charge is 0.287 e. The van der Waals surface area contributed by atoms with Crippen LogP contribution in [-0.4, -0.2) is 41.3 Å². The van der Waals surface area contributed by atoms with Crippen molar-refractivity contribution in [2.24, 2.45) is 5.92 Å². The third kappa shape index (κ3) is 3.98. The summed E-state index contributed by atoms with van der Waals surface area (Å²) in [5.41, 5.74) is 2.81. The monoisotopic (exact) mass is 308 g/mol. The second-order valence-corrected chi connectivity index (χ2v) is 6.59. The van der Waals surface area contributed by atoms with E-state index in [0.29, 0.717) is 24.4 Å². The molecule has 6 nitrogen and oxygen atoms in total. The van der Waals surface area contributed by atoms with Crippen LogP contribution in [0.15, 0.2) is 4.52 Å². The molecule has 0 saturated carbocycles. The highest BCUT2D eigenvalue weighted by molar-refractivity contribution is 5.19. The van der Waals surface area contributed by atoms with Gasteiger partial charge in [-0.2, -0.15) is 4.98 Å². The number of anilines is 1. The summed E-state index contributed by atoms with van der Waals surface area (Å²) in [4.78, 5) is 12.3. The molecule has 1 aromatic heterocycles. The van der Waals surface area contributed by atoms with Crippen molar-refractivity contribution in [3.05, 3.63) is 5.89 Å². The number of aromatic nitrogens is 2. The van der Waals surface area contributed by atoms with Gasteiger partial charge in [-0.3, -0.25) is 4.84 Å². The van der Waals surface area contributed by atoms with Crippen LogP contribution >= 0.6 is 0 Å². The van der Waals surface area contributed by atoms with Crippen molar-refractivity contribution >= 4 is 5.95 Å². The Hall–Kier alpha value is -1.14. The van der Waals surface area contributed by atoms with E-state index >= 15 is 0 Å². The van der Waals surface area contributed by atoms with Crippen molar-refractivity contribution in [2.75, 3.05) is 31.7 Å². The number of unbranched alkanes of at least 4 members (excludes halogenated alkanes) is 5. The fourth-order valence-electron chi connectivity index (χ4n) is 3.56. The van der Waals surface area contributed by atoms with Gasteiger partial charge in [-0.25, -0.2) is 5.48 Å². The summed E-state index contributed by atoms with van der Waals surface area (Å²) in [6.45, 7) is 6.40. The maximum absolute atomic E-state index is 5.42. The molecule has 124 valence electrons. The third-order valence-electron chi connectivity index (χ3n) is 4.86. The van der Waals surface area contributed by atoms with E-state index in [1.165, 1.54) is 51.6 Å². The Kier molecular flexibility index (Phi) is 5.67. The van der Waals surface area contributed by atoms with Crippen molar-refractivity contribution in [3.63, 3.8) is 0 Å². The first-order valence-corrected chi connectivity index (χ1v) is 8.80. The quantitative estimate of drug-likeness (QED) is 0.529. The SMILES string of the molecule is CCCCCCCCONc1noc(C2CN3CCC2C3)n1. The lowest BCUT2D eigenvalue weighted by molar-refractivity contribution is 0.183. The first kappa shape index (κ1) is 15.7. The Morgan fingerprint density at radius 2 is 2.09 bits per heavy atom. The Balaban J connectivity index is 1.31. The summed E-state index contributed by atoms with van der Waals surface area (Å²) in [7, 11) is 0. The second-order valence-electron chi connectivity index (χ2n) is 6.59. The summed E-state index contributed by atoms with van der Waals surface area (Å²) in [6.07, 6.45) is 8.80. The van der Waals surface area contributed by atoms with E-state index in [2.05, 4.69) is 27.4 Å². The molecule has 0 spiro atoms. The van der Waals surface area contributed by atoms with E-state index in [9.17, 15) is 0 Å². The molecule has 2 bridgehead atoms. The van der Waals surface area contributed by atoms with Gasteiger partial charge in [-0.05, 0) is 30.5 Å². The van der Waals surface area contributed by atoms with Crippen LogP contribution in [0.25, 0.3) is 0 Å². The number of rotatable bonds is 10. The zero-order valence-corrected chi connectivity index (χ0v) is 13.6. The Bertz CT molecular complexity index is 451. The molecule has 0 aromatic carbocycles. The number of piperidine rings is 1. The molecule has 3 heterocycles. The van der Waals surface area contributed by atoms with Gasteiger partial charge in [0.25, 0.3) is 5.95 Å². The first-order valence-electron chi connectivity index (χ1n) is 8.80. The topological polar surface area (TPSA) is 63.4 Å². The fourth-order valence-corrected chi connectivity index (χ4v) is 3.56. The van der Waals surface area contributed by atoms with Gasteiger partial charge >= 0.3 is 0 Å². The predicted octanol–water partition coefficient (Wildman–Crippen LogP) is 3.19. The number of nitrogens with zero attached hydrogens (tertiary/aromatic N) is 3. The summed E-state index contributed by atoms with van der Waals surface area (Å²) >= 11 is 0. The Morgan fingerprint density at radius 3 is 2.86 bits per heavy atom. The van der Waals surface area contributed by atoms with Crippen LogP contribution in [-0.2, 0) is 4.84 Å².